The molecule has 0 saturated carbocycles. The number of aromatic amines is 1. The summed E-state index contributed by atoms with van der Waals surface area (Å²) in [5, 5.41) is 10.1. The van der Waals surface area contributed by atoms with Gasteiger partial charge in [-0.2, -0.15) is 0 Å². The molecule has 0 spiro atoms. The highest BCUT2D eigenvalue weighted by molar-refractivity contribution is 5.95. The number of hydrogen-bond acceptors (Lipinski definition) is 4. The van der Waals surface area contributed by atoms with Crippen molar-refractivity contribution in [1.29, 1.82) is 0 Å². The van der Waals surface area contributed by atoms with Crippen LogP contribution in [0.4, 0.5) is 0 Å². The molecule has 1 fully saturated rings. The fourth-order valence-electron chi connectivity index (χ4n) is 4.30. The van der Waals surface area contributed by atoms with Crippen molar-refractivity contribution < 1.29 is 19.4 Å². The van der Waals surface area contributed by atoms with Crippen LogP contribution in [-0.4, -0.2) is 46.1 Å². The Bertz CT molecular complexity index is 1230. The van der Waals surface area contributed by atoms with Gasteiger partial charge in [0.05, 0.1) is 11.4 Å². The van der Waals surface area contributed by atoms with Crippen LogP contribution in [0.15, 0.2) is 53.3 Å². The van der Waals surface area contributed by atoms with E-state index in [0.717, 1.165) is 22.1 Å². The van der Waals surface area contributed by atoms with E-state index in [9.17, 15) is 19.5 Å². The summed E-state index contributed by atoms with van der Waals surface area (Å²) in [6, 6.07) is 14.9. The Hall–Kier alpha value is -3.61. The molecule has 2 N–H and O–H groups in total. The summed E-state index contributed by atoms with van der Waals surface area (Å²) in [5.74, 6) is -1.19. The number of nitrogens with zero attached hydrogens (tertiary/aromatic N) is 1. The third kappa shape index (κ3) is 4.37. The number of pyridine rings is 1. The van der Waals surface area contributed by atoms with Crippen molar-refractivity contribution in [3.63, 3.8) is 0 Å². The Balaban J connectivity index is 1.58. The average Bonchev–Trinajstić information content (AvgIpc) is 2.78. The van der Waals surface area contributed by atoms with Crippen LogP contribution in [0.25, 0.3) is 22.0 Å². The molecular weight excluding hydrogens is 408 g/mol. The summed E-state index contributed by atoms with van der Waals surface area (Å²) < 4.78 is 5.88. The predicted octanol–water partition coefficient (Wildman–Crippen LogP) is 3.59. The number of carbonyl (C=O) groups excluding carboxylic acids is 1. The smallest absolute Gasteiger partial charge is 0.308 e. The van der Waals surface area contributed by atoms with Crippen LogP contribution in [0.1, 0.15) is 25.3 Å². The van der Waals surface area contributed by atoms with Crippen LogP contribution in [-0.2, 0) is 9.59 Å². The van der Waals surface area contributed by atoms with Crippen molar-refractivity contribution >= 4 is 22.8 Å². The molecule has 7 nitrogen and oxygen atoms in total. The number of carboxylic acids is 1. The number of nitrogens with one attached hydrogen (secondary N) is 1. The van der Waals surface area contributed by atoms with E-state index in [4.69, 9.17) is 4.74 Å². The summed E-state index contributed by atoms with van der Waals surface area (Å²) in [6.45, 7) is 4.39. The molecule has 1 aliphatic rings. The van der Waals surface area contributed by atoms with Gasteiger partial charge in [0.15, 0.2) is 6.10 Å². The van der Waals surface area contributed by atoms with Gasteiger partial charge in [0, 0.05) is 30.6 Å². The van der Waals surface area contributed by atoms with Crippen molar-refractivity contribution in [1.82, 2.24) is 9.88 Å². The molecule has 166 valence electrons. The molecule has 32 heavy (non-hydrogen) atoms. The van der Waals surface area contributed by atoms with Gasteiger partial charge in [-0.15, -0.1) is 0 Å². The summed E-state index contributed by atoms with van der Waals surface area (Å²) in [6.07, 6.45) is 0.468. The molecule has 3 aromatic rings. The fraction of sp³-hybridized carbons (Fsp3) is 0.320. The maximum absolute atomic E-state index is 12.8. The Morgan fingerprint density at radius 1 is 1.16 bits per heavy atom. The van der Waals surface area contributed by atoms with E-state index in [2.05, 4.69) is 4.98 Å². The molecule has 1 unspecified atom stereocenters. The minimum absolute atomic E-state index is 0.201. The second-order valence-electron chi connectivity index (χ2n) is 8.29. The first-order valence-electron chi connectivity index (χ1n) is 10.7. The molecule has 0 radical (unpaired) electrons. The zero-order valence-corrected chi connectivity index (χ0v) is 18.1. The quantitative estimate of drug-likeness (QED) is 0.639. The van der Waals surface area contributed by atoms with Gasteiger partial charge in [0.2, 0.25) is 5.56 Å². The average molecular weight is 434 g/mol. The second kappa shape index (κ2) is 8.86. The van der Waals surface area contributed by atoms with Crippen molar-refractivity contribution in [3.05, 3.63) is 64.4 Å². The minimum Gasteiger partial charge on any atom is -0.481 e. The maximum atomic E-state index is 12.8. The number of aryl methyl sites for hydroxylation is 1. The summed E-state index contributed by atoms with van der Waals surface area (Å²) in [7, 11) is 0. The largest absolute Gasteiger partial charge is 0.481 e. The molecule has 1 aromatic heterocycles. The number of carbonyl (C=O) groups is 2. The number of rotatable bonds is 5. The molecule has 4 rings (SSSR count). The molecule has 1 aliphatic heterocycles. The van der Waals surface area contributed by atoms with E-state index in [-0.39, 0.29) is 18.0 Å². The highest BCUT2D eigenvalue weighted by atomic mass is 16.5. The summed E-state index contributed by atoms with van der Waals surface area (Å²) in [5.41, 5.74) is 3.30. The molecule has 0 bridgehead atoms. The van der Waals surface area contributed by atoms with Crippen molar-refractivity contribution in [2.45, 2.75) is 32.8 Å². The van der Waals surface area contributed by atoms with Crippen LogP contribution in [0.3, 0.4) is 0 Å². The van der Waals surface area contributed by atoms with Gasteiger partial charge in [-0.25, -0.2) is 0 Å². The molecule has 7 heteroatoms. The van der Waals surface area contributed by atoms with E-state index in [1.807, 2.05) is 37.3 Å². The van der Waals surface area contributed by atoms with Gasteiger partial charge < -0.3 is 19.7 Å². The van der Waals surface area contributed by atoms with Crippen LogP contribution in [0, 0.1) is 12.8 Å². The topological polar surface area (TPSA) is 99.7 Å². The monoisotopic (exact) mass is 434 g/mol. The number of ether oxygens (including phenoxy) is 1. The first-order chi connectivity index (χ1) is 15.3. The standard InChI is InChI=1S/C25H26N2O5/c1-15-6-3-4-8-19(15)21-13-23(28)26-22-12-18(9-10-20(21)22)32-16(2)24(29)27-11-5-7-17(14-27)25(30)31/h3-4,6,8-10,12-13,16-17H,5,7,11,14H2,1-2H3,(H,26,28)(H,30,31)/t16?,17-/m0/s1. The predicted molar refractivity (Wildman–Crippen MR) is 122 cm³/mol. The van der Waals surface area contributed by atoms with E-state index in [1.54, 1.807) is 30.0 Å². The van der Waals surface area contributed by atoms with Gasteiger partial charge in [-0.05, 0) is 55.5 Å². The number of aromatic nitrogens is 1. The number of carboxylic acid groups (broad SMARTS) is 1. The van der Waals surface area contributed by atoms with E-state index in [0.29, 0.717) is 30.7 Å². The molecule has 2 heterocycles. The number of fused-ring (bicyclic) bond motifs is 1. The number of benzene rings is 2. The van der Waals surface area contributed by atoms with Crippen LogP contribution in [0.5, 0.6) is 5.75 Å². The number of amides is 1. The second-order valence-corrected chi connectivity index (χ2v) is 8.29. The fourth-order valence-corrected chi connectivity index (χ4v) is 4.30. The van der Waals surface area contributed by atoms with Gasteiger partial charge in [0.1, 0.15) is 5.75 Å². The van der Waals surface area contributed by atoms with Crippen molar-refractivity contribution in [3.8, 4) is 16.9 Å². The normalized spacial score (nSPS) is 17.2. The third-order valence-corrected chi connectivity index (χ3v) is 5.99. The third-order valence-electron chi connectivity index (χ3n) is 5.99. The lowest BCUT2D eigenvalue weighted by molar-refractivity contribution is -0.147. The van der Waals surface area contributed by atoms with Crippen molar-refractivity contribution in [2.24, 2.45) is 5.92 Å². The molecule has 1 saturated heterocycles. The number of likely N-dealkylation sites (tertiary alicyclic amines) is 1. The molecular formula is C25H26N2O5. The lowest BCUT2D eigenvalue weighted by atomic mass is 9.97. The van der Waals surface area contributed by atoms with E-state index in [1.165, 1.54) is 0 Å². The van der Waals surface area contributed by atoms with E-state index >= 15 is 0 Å². The highest BCUT2D eigenvalue weighted by Crippen LogP contribution is 2.31. The lowest BCUT2D eigenvalue weighted by Crippen LogP contribution is -2.47. The SMILES string of the molecule is Cc1ccccc1-c1cc(=O)[nH]c2cc(OC(C)C(=O)N3CCC[C@H](C(=O)O)C3)ccc12. The van der Waals surface area contributed by atoms with Crippen LogP contribution in [0.2, 0.25) is 0 Å². The van der Waals surface area contributed by atoms with E-state index < -0.39 is 18.0 Å². The number of aliphatic carboxylic acids is 1. The molecule has 2 atom stereocenters. The van der Waals surface area contributed by atoms with Gasteiger partial charge in [-0.3, -0.25) is 14.4 Å². The summed E-state index contributed by atoms with van der Waals surface area (Å²) >= 11 is 0. The van der Waals surface area contributed by atoms with Gasteiger partial charge in [0.25, 0.3) is 5.91 Å². The first-order valence-corrected chi connectivity index (χ1v) is 10.7. The zero-order valence-electron chi connectivity index (χ0n) is 18.1. The Morgan fingerprint density at radius 3 is 2.69 bits per heavy atom. The van der Waals surface area contributed by atoms with Crippen molar-refractivity contribution in [2.75, 3.05) is 13.1 Å². The molecule has 1 amide bonds. The summed E-state index contributed by atoms with van der Waals surface area (Å²) in [4.78, 5) is 40.8. The first kappa shape index (κ1) is 21.6. The number of piperidine rings is 1. The van der Waals surface area contributed by atoms with Gasteiger partial charge >= 0.3 is 5.97 Å². The number of H-pyrrole nitrogens is 1. The zero-order chi connectivity index (χ0) is 22.8. The highest BCUT2D eigenvalue weighted by Gasteiger charge is 2.31. The maximum Gasteiger partial charge on any atom is 0.308 e. The number of hydrogen-bond donors (Lipinski definition) is 2. The van der Waals surface area contributed by atoms with Crippen LogP contribution >= 0.6 is 0 Å². The Kier molecular flexibility index (Phi) is 5.99. The molecule has 0 aliphatic carbocycles. The Labute approximate surface area is 185 Å². The van der Waals surface area contributed by atoms with Crippen LogP contribution < -0.4 is 10.3 Å². The Morgan fingerprint density at radius 2 is 1.94 bits per heavy atom. The lowest BCUT2D eigenvalue weighted by Gasteiger charge is -2.32. The minimum atomic E-state index is -0.876. The molecule has 2 aromatic carbocycles. The van der Waals surface area contributed by atoms with Gasteiger partial charge in [-0.1, -0.05) is 24.3 Å².